The van der Waals surface area contributed by atoms with Crippen molar-refractivity contribution in [3.05, 3.63) is 29.8 Å². The van der Waals surface area contributed by atoms with Crippen LogP contribution in [0.3, 0.4) is 0 Å². The predicted octanol–water partition coefficient (Wildman–Crippen LogP) is 1.38. The van der Waals surface area contributed by atoms with Gasteiger partial charge in [0, 0.05) is 12.1 Å². The predicted molar refractivity (Wildman–Crippen MR) is 70.9 cm³/mol. The molecule has 0 aliphatic carbocycles. The van der Waals surface area contributed by atoms with E-state index in [-0.39, 0.29) is 23.6 Å². The summed E-state index contributed by atoms with van der Waals surface area (Å²) < 4.78 is 0. The number of nitrogens with one attached hydrogen (secondary N) is 2. The van der Waals surface area contributed by atoms with Gasteiger partial charge in [-0.15, -0.1) is 11.6 Å². The van der Waals surface area contributed by atoms with E-state index in [1.807, 2.05) is 0 Å². The fourth-order valence-corrected chi connectivity index (χ4v) is 2.16. The van der Waals surface area contributed by atoms with Crippen LogP contribution in [0.1, 0.15) is 24.3 Å². The van der Waals surface area contributed by atoms with Gasteiger partial charge in [-0.05, 0) is 18.1 Å². The number of imide groups is 1. The number of benzene rings is 1. The van der Waals surface area contributed by atoms with Crippen LogP contribution in [0.25, 0.3) is 0 Å². The molecule has 6 heteroatoms. The third-order valence-corrected chi connectivity index (χ3v) is 3.21. The summed E-state index contributed by atoms with van der Waals surface area (Å²) >= 11 is 5.45. The zero-order valence-electron chi connectivity index (χ0n) is 10.1. The number of piperidine rings is 1. The number of halogens is 1. The first-order chi connectivity index (χ1) is 9.11. The minimum absolute atomic E-state index is 0.149. The maximum absolute atomic E-state index is 11.8. The number of hydrogen-bond acceptors (Lipinski definition) is 3. The van der Waals surface area contributed by atoms with E-state index in [1.54, 1.807) is 24.3 Å². The molecule has 3 amide bonds. The molecule has 5 nitrogen and oxygen atoms in total. The van der Waals surface area contributed by atoms with Crippen molar-refractivity contribution in [3.8, 4) is 0 Å². The van der Waals surface area contributed by atoms with Crippen molar-refractivity contribution in [1.82, 2.24) is 5.32 Å². The maximum Gasteiger partial charge on any atom is 0.239 e. The van der Waals surface area contributed by atoms with E-state index in [0.717, 1.165) is 0 Å². The van der Waals surface area contributed by atoms with Gasteiger partial charge in [-0.25, -0.2) is 0 Å². The van der Waals surface area contributed by atoms with Gasteiger partial charge in [-0.1, -0.05) is 18.2 Å². The molecule has 19 heavy (non-hydrogen) atoms. The van der Waals surface area contributed by atoms with Crippen molar-refractivity contribution >= 4 is 35.0 Å². The van der Waals surface area contributed by atoms with Crippen LogP contribution in [0.2, 0.25) is 0 Å². The molecule has 0 spiro atoms. The van der Waals surface area contributed by atoms with Crippen LogP contribution in [0.15, 0.2) is 24.3 Å². The van der Waals surface area contributed by atoms with Gasteiger partial charge in [-0.2, -0.15) is 0 Å². The van der Waals surface area contributed by atoms with E-state index in [1.165, 1.54) is 0 Å². The molecule has 1 saturated heterocycles. The minimum atomic E-state index is -0.426. The van der Waals surface area contributed by atoms with Crippen LogP contribution in [0.4, 0.5) is 5.69 Å². The molecule has 1 unspecified atom stereocenters. The molecule has 1 heterocycles. The Labute approximate surface area is 115 Å². The highest BCUT2D eigenvalue weighted by molar-refractivity contribution is 6.29. The summed E-state index contributed by atoms with van der Waals surface area (Å²) in [5.41, 5.74) is 1.26. The first kappa shape index (κ1) is 13.5. The van der Waals surface area contributed by atoms with Crippen LogP contribution in [-0.4, -0.2) is 23.6 Å². The Bertz CT molecular complexity index is 530. The van der Waals surface area contributed by atoms with E-state index in [2.05, 4.69) is 10.6 Å². The van der Waals surface area contributed by atoms with Crippen molar-refractivity contribution in [2.24, 2.45) is 0 Å². The van der Waals surface area contributed by atoms with Crippen LogP contribution < -0.4 is 10.6 Å². The molecule has 1 fully saturated rings. The van der Waals surface area contributed by atoms with Gasteiger partial charge < -0.3 is 5.32 Å². The lowest BCUT2D eigenvalue weighted by Crippen LogP contribution is -2.39. The fourth-order valence-electron chi connectivity index (χ4n) is 2.09. The Kier molecular flexibility index (Phi) is 4.16. The number of alkyl halides is 1. The lowest BCUT2D eigenvalue weighted by Gasteiger charge is -2.23. The van der Waals surface area contributed by atoms with Gasteiger partial charge in [-0.3, -0.25) is 19.7 Å². The van der Waals surface area contributed by atoms with Gasteiger partial charge in [0.1, 0.15) is 5.88 Å². The summed E-state index contributed by atoms with van der Waals surface area (Å²) in [6.07, 6.45) is 0.743. The van der Waals surface area contributed by atoms with Gasteiger partial charge in [0.25, 0.3) is 0 Å². The van der Waals surface area contributed by atoms with Crippen molar-refractivity contribution in [1.29, 1.82) is 0 Å². The molecule has 100 valence electrons. The lowest BCUT2D eigenvalue weighted by atomic mass is 9.89. The molecule has 1 aromatic rings. The molecule has 1 aliphatic rings. The number of carbonyl (C=O) groups is 3. The summed E-state index contributed by atoms with van der Waals surface area (Å²) in [4.78, 5) is 34.3. The van der Waals surface area contributed by atoms with E-state index >= 15 is 0 Å². The van der Waals surface area contributed by atoms with E-state index in [4.69, 9.17) is 11.6 Å². The van der Waals surface area contributed by atoms with Crippen LogP contribution in [0.5, 0.6) is 0 Å². The Morgan fingerprint density at radius 3 is 2.79 bits per heavy atom. The summed E-state index contributed by atoms with van der Waals surface area (Å²) in [5.74, 6) is -1.50. The standard InChI is InChI=1S/C13H13ClN2O3/c14-7-12(18)15-10-4-2-1-3-8(10)9-5-6-11(17)16-13(9)19/h1-4,9H,5-7H2,(H,15,18)(H,16,17,19). The number of carbonyl (C=O) groups excluding carboxylic acids is 3. The highest BCUT2D eigenvalue weighted by atomic mass is 35.5. The second kappa shape index (κ2) is 5.84. The first-order valence-corrected chi connectivity index (χ1v) is 6.43. The molecule has 1 aromatic carbocycles. The normalized spacial score (nSPS) is 18.9. The van der Waals surface area contributed by atoms with Gasteiger partial charge in [0.2, 0.25) is 17.7 Å². The summed E-state index contributed by atoms with van der Waals surface area (Å²) in [6, 6.07) is 7.03. The average molecular weight is 281 g/mol. The van der Waals surface area contributed by atoms with Crippen molar-refractivity contribution in [2.45, 2.75) is 18.8 Å². The highest BCUT2D eigenvalue weighted by Crippen LogP contribution is 2.30. The fraction of sp³-hybridized carbons (Fsp3) is 0.308. The van der Waals surface area contributed by atoms with Crippen LogP contribution in [0, 0.1) is 0 Å². The third kappa shape index (κ3) is 3.12. The molecule has 2 N–H and O–H groups in total. The van der Waals surface area contributed by atoms with E-state index in [9.17, 15) is 14.4 Å². The first-order valence-electron chi connectivity index (χ1n) is 5.90. The number of para-hydroxylation sites is 1. The summed E-state index contributed by atoms with van der Waals surface area (Å²) in [7, 11) is 0. The zero-order valence-corrected chi connectivity index (χ0v) is 10.9. The summed E-state index contributed by atoms with van der Waals surface area (Å²) in [6.45, 7) is 0. The Balaban J connectivity index is 2.26. The second-order valence-electron chi connectivity index (χ2n) is 4.27. The van der Waals surface area contributed by atoms with Gasteiger partial charge in [0.05, 0.1) is 5.92 Å². The molecular formula is C13H13ClN2O3. The third-order valence-electron chi connectivity index (χ3n) is 2.97. The molecule has 1 atom stereocenters. The van der Waals surface area contributed by atoms with E-state index in [0.29, 0.717) is 24.1 Å². The molecule has 0 radical (unpaired) electrons. The monoisotopic (exact) mass is 280 g/mol. The Morgan fingerprint density at radius 1 is 1.37 bits per heavy atom. The van der Waals surface area contributed by atoms with Gasteiger partial charge in [0.15, 0.2) is 0 Å². The minimum Gasteiger partial charge on any atom is -0.325 e. The molecule has 2 rings (SSSR count). The lowest BCUT2D eigenvalue weighted by molar-refractivity contribution is -0.134. The maximum atomic E-state index is 11.8. The topological polar surface area (TPSA) is 75.3 Å². The highest BCUT2D eigenvalue weighted by Gasteiger charge is 2.29. The number of anilines is 1. The second-order valence-corrected chi connectivity index (χ2v) is 4.54. The zero-order chi connectivity index (χ0) is 13.8. The average Bonchev–Trinajstić information content (AvgIpc) is 2.40. The summed E-state index contributed by atoms with van der Waals surface area (Å²) in [5, 5.41) is 4.96. The van der Waals surface area contributed by atoms with E-state index < -0.39 is 5.92 Å². The number of amides is 3. The largest absolute Gasteiger partial charge is 0.325 e. The van der Waals surface area contributed by atoms with Crippen LogP contribution in [-0.2, 0) is 14.4 Å². The van der Waals surface area contributed by atoms with Gasteiger partial charge >= 0.3 is 0 Å². The van der Waals surface area contributed by atoms with Crippen molar-refractivity contribution in [2.75, 3.05) is 11.2 Å². The number of hydrogen-bond donors (Lipinski definition) is 2. The molecule has 0 saturated carbocycles. The quantitative estimate of drug-likeness (QED) is 0.649. The molecule has 0 aromatic heterocycles. The molecule has 0 bridgehead atoms. The smallest absolute Gasteiger partial charge is 0.239 e. The number of rotatable bonds is 3. The van der Waals surface area contributed by atoms with Crippen molar-refractivity contribution in [3.63, 3.8) is 0 Å². The van der Waals surface area contributed by atoms with Crippen molar-refractivity contribution < 1.29 is 14.4 Å². The van der Waals surface area contributed by atoms with Crippen LogP contribution >= 0.6 is 11.6 Å². The SMILES string of the molecule is O=C1CCC(c2ccccc2NC(=O)CCl)C(=O)N1. The molecule has 1 aliphatic heterocycles. The molecular weight excluding hydrogens is 268 g/mol. The Morgan fingerprint density at radius 2 is 2.11 bits per heavy atom. The Hall–Kier alpha value is -1.88.